The Bertz CT molecular complexity index is 361. The number of nitrogens with two attached hydrogens (primary N) is 1. The van der Waals surface area contributed by atoms with Crippen LogP contribution in [0, 0.1) is 11.7 Å². The van der Waals surface area contributed by atoms with E-state index >= 15 is 0 Å². The number of benzene rings is 1. The zero-order chi connectivity index (χ0) is 11.5. The first-order chi connectivity index (χ1) is 7.66. The van der Waals surface area contributed by atoms with Crippen molar-refractivity contribution < 1.29 is 4.39 Å². The summed E-state index contributed by atoms with van der Waals surface area (Å²) < 4.78 is 14.1. The highest BCUT2D eigenvalue weighted by molar-refractivity contribution is 9.10. The van der Waals surface area contributed by atoms with E-state index in [9.17, 15) is 4.39 Å². The molecule has 0 amide bonds. The highest BCUT2D eigenvalue weighted by Crippen LogP contribution is 2.29. The summed E-state index contributed by atoms with van der Waals surface area (Å²) in [6.07, 6.45) is 5.82. The second-order valence-corrected chi connectivity index (χ2v) is 5.50. The van der Waals surface area contributed by atoms with Crippen molar-refractivity contribution in [2.75, 3.05) is 0 Å². The minimum absolute atomic E-state index is 0.167. The first-order valence-corrected chi connectivity index (χ1v) is 6.65. The number of rotatable bonds is 3. The van der Waals surface area contributed by atoms with Gasteiger partial charge in [0.1, 0.15) is 5.82 Å². The molecule has 2 rings (SSSR count). The monoisotopic (exact) mass is 285 g/mol. The Balaban J connectivity index is 2.04. The normalized spacial score (nSPS) is 18.9. The van der Waals surface area contributed by atoms with Gasteiger partial charge in [0.25, 0.3) is 0 Å². The lowest BCUT2D eigenvalue weighted by Crippen LogP contribution is -2.30. The molecule has 1 saturated carbocycles. The van der Waals surface area contributed by atoms with Crippen LogP contribution >= 0.6 is 15.9 Å². The van der Waals surface area contributed by atoms with Crippen LogP contribution in [0.25, 0.3) is 0 Å². The van der Waals surface area contributed by atoms with E-state index in [0.717, 1.165) is 16.5 Å². The van der Waals surface area contributed by atoms with Gasteiger partial charge in [-0.2, -0.15) is 0 Å². The molecular formula is C13H17BrFN. The molecule has 1 aliphatic rings. The van der Waals surface area contributed by atoms with E-state index in [1.165, 1.54) is 31.7 Å². The van der Waals surface area contributed by atoms with Gasteiger partial charge in [0, 0.05) is 10.5 Å². The topological polar surface area (TPSA) is 26.0 Å². The van der Waals surface area contributed by atoms with Crippen LogP contribution in [0.4, 0.5) is 4.39 Å². The van der Waals surface area contributed by atoms with Crippen LogP contribution in [0.3, 0.4) is 0 Å². The van der Waals surface area contributed by atoms with Crippen LogP contribution in [0.15, 0.2) is 22.7 Å². The standard InChI is InChI=1S/C13H17BrFN/c14-12-6-5-11(15)7-10(12)8-13(16)9-3-1-2-4-9/h5-7,9,13H,1-4,8,16H2. The van der Waals surface area contributed by atoms with Crippen molar-refractivity contribution in [1.82, 2.24) is 0 Å². The number of halogens is 2. The third-order valence-corrected chi connectivity index (χ3v) is 4.24. The summed E-state index contributed by atoms with van der Waals surface area (Å²) in [6.45, 7) is 0. The molecular weight excluding hydrogens is 269 g/mol. The Morgan fingerprint density at radius 3 is 2.75 bits per heavy atom. The average molecular weight is 286 g/mol. The molecule has 0 saturated heterocycles. The highest BCUT2D eigenvalue weighted by Gasteiger charge is 2.22. The van der Waals surface area contributed by atoms with Gasteiger partial charge in [-0.05, 0) is 48.9 Å². The van der Waals surface area contributed by atoms with Gasteiger partial charge < -0.3 is 5.73 Å². The molecule has 1 aromatic rings. The van der Waals surface area contributed by atoms with E-state index in [4.69, 9.17) is 5.73 Å². The van der Waals surface area contributed by atoms with Gasteiger partial charge in [-0.3, -0.25) is 0 Å². The van der Waals surface area contributed by atoms with E-state index in [2.05, 4.69) is 15.9 Å². The van der Waals surface area contributed by atoms with Crippen molar-refractivity contribution in [3.63, 3.8) is 0 Å². The molecule has 1 nitrogen and oxygen atoms in total. The summed E-state index contributed by atoms with van der Waals surface area (Å²) >= 11 is 3.45. The van der Waals surface area contributed by atoms with Gasteiger partial charge in [0.15, 0.2) is 0 Å². The first kappa shape index (κ1) is 12.1. The zero-order valence-corrected chi connectivity index (χ0v) is 10.8. The molecule has 0 heterocycles. The summed E-state index contributed by atoms with van der Waals surface area (Å²) in [4.78, 5) is 0. The molecule has 1 fully saturated rings. The lowest BCUT2D eigenvalue weighted by Gasteiger charge is -2.19. The van der Waals surface area contributed by atoms with E-state index < -0.39 is 0 Å². The third kappa shape index (κ3) is 2.83. The Hall–Kier alpha value is -0.410. The molecule has 1 unspecified atom stereocenters. The van der Waals surface area contributed by atoms with Crippen LogP contribution < -0.4 is 5.73 Å². The maximum atomic E-state index is 13.1. The van der Waals surface area contributed by atoms with Crippen molar-refractivity contribution in [2.45, 2.75) is 38.1 Å². The van der Waals surface area contributed by atoms with Gasteiger partial charge in [-0.25, -0.2) is 4.39 Å². The lowest BCUT2D eigenvalue weighted by atomic mass is 9.93. The molecule has 1 aromatic carbocycles. The summed E-state index contributed by atoms with van der Waals surface area (Å²) in [7, 11) is 0. The smallest absolute Gasteiger partial charge is 0.123 e. The molecule has 3 heteroatoms. The minimum atomic E-state index is -0.183. The maximum absolute atomic E-state index is 13.1. The van der Waals surface area contributed by atoms with Gasteiger partial charge >= 0.3 is 0 Å². The minimum Gasteiger partial charge on any atom is -0.327 e. The Labute approximate surface area is 104 Å². The van der Waals surface area contributed by atoms with Crippen molar-refractivity contribution in [3.8, 4) is 0 Å². The average Bonchev–Trinajstić information content (AvgIpc) is 2.76. The Morgan fingerprint density at radius 2 is 2.06 bits per heavy atom. The summed E-state index contributed by atoms with van der Waals surface area (Å²) in [5, 5.41) is 0. The van der Waals surface area contributed by atoms with Gasteiger partial charge in [0.05, 0.1) is 0 Å². The van der Waals surface area contributed by atoms with E-state index in [-0.39, 0.29) is 11.9 Å². The second-order valence-electron chi connectivity index (χ2n) is 4.65. The van der Waals surface area contributed by atoms with Crippen LogP contribution in [0.1, 0.15) is 31.2 Å². The lowest BCUT2D eigenvalue weighted by molar-refractivity contribution is 0.428. The number of hydrogen-bond donors (Lipinski definition) is 1. The Kier molecular flexibility index (Phi) is 3.98. The predicted octanol–water partition coefficient (Wildman–Crippen LogP) is 3.65. The molecule has 1 aliphatic carbocycles. The Morgan fingerprint density at radius 1 is 1.38 bits per heavy atom. The molecule has 0 spiro atoms. The van der Waals surface area contributed by atoms with Crippen molar-refractivity contribution >= 4 is 15.9 Å². The van der Waals surface area contributed by atoms with E-state index in [1.807, 2.05) is 0 Å². The molecule has 1 atom stereocenters. The van der Waals surface area contributed by atoms with Gasteiger partial charge in [0.2, 0.25) is 0 Å². The van der Waals surface area contributed by atoms with Crippen LogP contribution in [0.2, 0.25) is 0 Å². The fourth-order valence-electron chi connectivity index (χ4n) is 2.51. The molecule has 88 valence electrons. The second kappa shape index (κ2) is 5.28. The molecule has 0 aliphatic heterocycles. The maximum Gasteiger partial charge on any atom is 0.123 e. The van der Waals surface area contributed by atoms with Crippen molar-refractivity contribution in [2.24, 2.45) is 11.7 Å². The summed E-state index contributed by atoms with van der Waals surface area (Å²) in [6, 6.07) is 4.97. The SMILES string of the molecule is NC(Cc1cc(F)ccc1Br)C1CCCC1. The summed E-state index contributed by atoms with van der Waals surface area (Å²) in [5.41, 5.74) is 7.17. The first-order valence-electron chi connectivity index (χ1n) is 5.86. The van der Waals surface area contributed by atoms with Crippen LogP contribution in [-0.2, 0) is 6.42 Å². The molecule has 0 radical (unpaired) electrons. The molecule has 0 aromatic heterocycles. The highest BCUT2D eigenvalue weighted by atomic mass is 79.9. The summed E-state index contributed by atoms with van der Waals surface area (Å²) in [5.74, 6) is 0.437. The van der Waals surface area contributed by atoms with Crippen molar-refractivity contribution in [3.05, 3.63) is 34.1 Å². The predicted molar refractivity (Wildman–Crippen MR) is 67.7 cm³/mol. The third-order valence-electron chi connectivity index (χ3n) is 3.47. The molecule has 0 bridgehead atoms. The largest absolute Gasteiger partial charge is 0.327 e. The van der Waals surface area contributed by atoms with Gasteiger partial charge in [-0.15, -0.1) is 0 Å². The van der Waals surface area contributed by atoms with Crippen LogP contribution in [0.5, 0.6) is 0 Å². The van der Waals surface area contributed by atoms with Crippen molar-refractivity contribution in [1.29, 1.82) is 0 Å². The number of hydrogen-bond acceptors (Lipinski definition) is 1. The fraction of sp³-hybridized carbons (Fsp3) is 0.538. The quantitative estimate of drug-likeness (QED) is 0.901. The van der Waals surface area contributed by atoms with E-state index in [0.29, 0.717) is 5.92 Å². The fourth-order valence-corrected chi connectivity index (χ4v) is 2.91. The van der Waals surface area contributed by atoms with Crippen LogP contribution in [-0.4, -0.2) is 6.04 Å². The molecule has 2 N–H and O–H groups in total. The van der Waals surface area contributed by atoms with Gasteiger partial charge in [-0.1, -0.05) is 28.8 Å². The molecule has 16 heavy (non-hydrogen) atoms. The zero-order valence-electron chi connectivity index (χ0n) is 9.26. The van der Waals surface area contributed by atoms with E-state index in [1.54, 1.807) is 12.1 Å².